The van der Waals surface area contributed by atoms with Crippen LogP contribution < -0.4 is 20.1 Å². The van der Waals surface area contributed by atoms with Crippen molar-refractivity contribution in [2.45, 2.75) is 26.7 Å². The topological polar surface area (TPSA) is 95.1 Å². The largest absolute Gasteiger partial charge is 0.482 e. The fourth-order valence-corrected chi connectivity index (χ4v) is 4.18. The molecule has 0 radical (unpaired) electrons. The summed E-state index contributed by atoms with van der Waals surface area (Å²) in [5, 5.41) is 6.11. The highest BCUT2D eigenvalue weighted by atomic mass is 35.5. The summed E-state index contributed by atoms with van der Waals surface area (Å²) >= 11 is 11.2. The number of benzene rings is 2. The molecule has 0 atom stereocenters. The fourth-order valence-electron chi connectivity index (χ4n) is 3.91. The molecule has 2 aromatic carbocycles. The van der Waals surface area contributed by atoms with Gasteiger partial charge in [-0.3, -0.25) is 0 Å². The number of alkyl halides is 2. The summed E-state index contributed by atoms with van der Waals surface area (Å²) in [6.45, 7) is 6.95. The van der Waals surface area contributed by atoms with Gasteiger partial charge < -0.3 is 29.6 Å². The van der Waals surface area contributed by atoms with Crippen LogP contribution in [0, 0.1) is 0 Å². The first kappa shape index (κ1) is 33.4. The number of hydrogen-bond acceptors (Lipinski definition) is 8. The zero-order valence-corrected chi connectivity index (χ0v) is 24.8. The second kappa shape index (κ2) is 20.2. The summed E-state index contributed by atoms with van der Waals surface area (Å²) in [6.07, 6.45) is 1.69. The van der Waals surface area contributed by atoms with Gasteiger partial charge in [-0.15, -0.1) is 23.2 Å². The number of esters is 2. The van der Waals surface area contributed by atoms with Crippen LogP contribution in [0.25, 0.3) is 11.1 Å². The molecule has 0 amide bonds. The first-order valence-electron chi connectivity index (χ1n) is 13.5. The van der Waals surface area contributed by atoms with Crippen molar-refractivity contribution in [1.29, 1.82) is 0 Å². The molecule has 220 valence electrons. The van der Waals surface area contributed by atoms with Crippen molar-refractivity contribution < 1.29 is 28.5 Å². The van der Waals surface area contributed by atoms with E-state index in [1.807, 2.05) is 48.5 Å². The molecule has 8 nitrogen and oxygen atoms in total. The van der Waals surface area contributed by atoms with E-state index in [9.17, 15) is 9.59 Å². The van der Waals surface area contributed by atoms with Gasteiger partial charge in [0.25, 0.3) is 0 Å². The Morgan fingerprint density at radius 2 is 1.00 bits per heavy atom. The molecular formula is C30H40Cl2N2O6. The molecule has 0 fully saturated rings. The van der Waals surface area contributed by atoms with E-state index in [0.29, 0.717) is 49.4 Å². The molecule has 0 unspecified atom stereocenters. The highest BCUT2D eigenvalue weighted by Crippen LogP contribution is 2.33. The lowest BCUT2D eigenvalue weighted by molar-refractivity contribution is -0.146. The lowest BCUT2D eigenvalue weighted by atomic mass is 9.91. The van der Waals surface area contributed by atoms with Gasteiger partial charge in [0.1, 0.15) is 24.7 Å². The second-order valence-electron chi connectivity index (χ2n) is 8.61. The first-order valence-corrected chi connectivity index (χ1v) is 14.6. The van der Waals surface area contributed by atoms with Crippen LogP contribution >= 0.6 is 23.2 Å². The molecule has 0 aliphatic heterocycles. The van der Waals surface area contributed by atoms with Gasteiger partial charge in [0.15, 0.2) is 13.2 Å². The Balaban J connectivity index is 1.92. The van der Waals surface area contributed by atoms with Crippen LogP contribution in [0.4, 0.5) is 0 Å². The third-order valence-corrected chi connectivity index (χ3v) is 6.19. The number of hydrogen-bond donors (Lipinski definition) is 2. The molecule has 0 bridgehead atoms. The van der Waals surface area contributed by atoms with Gasteiger partial charge >= 0.3 is 11.9 Å². The van der Waals surface area contributed by atoms with Crippen molar-refractivity contribution in [1.82, 2.24) is 10.6 Å². The summed E-state index contributed by atoms with van der Waals surface area (Å²) in [5.74, 6) is 1.38. The number of ether oxygens (including phenoxy) is 4. The van der Waals surface area contributed by atoms with E-state index in [1.54, 1.807) is 0 Å². The van der Waals surface area contributed by atoms with E-state index in [1.165, 1.54) is 11.1 Å². The molecule has 0 aromatic heterocycles. The van der Waals surface area contributed by atoms with Crippen LogP contribution in [-0.2, 0) is 19.1 Å². The van der Waals surface area contributed by atoms with Gasteiger partial charge in [-0.2, -0.15) is 0 Å². The lowest BCUT2D eigenvalue weighted by Gasteiger charge is -2.15. The van der Waals surface area contributed by atoms with Crippen molar-refractivity contribution in [2.24, 2.45) is 0 Å². The number of halogens is 2. The van der Waals surface area contributed by atoms with Gasteiger partial charge in [-0.05, 0) is 59.4 Å². The molecule has 0 aliphatic rings. The number of carbonyl (C=O) groups excluding carboxylic acids is 2. The number of allylic oxidation sites excluding steroid dienone is 2. The smallest absolute Gasteiger partial charge is 0.344 e. The summed E-state index contributed by atoms with van der Waals surface area (Å²) in [6, 6.07) is 15.4. The maximum atomic E-state index is 11.9. The number of rotatable bonds is 20. The van der Waals surface area contributed by atoms with Gasteiger partial charge in [-0.25, -0.2) is 9.59 Å². The molecule has 10 heteroatoms. The molecule has 2 N–H and O–H groups in total. The lowest BCUT2D eigenvalue weighted by Crippen LogP contribution is -2.24. The van der Waals surface area contributed by atoms with E-state index in [0.717, 1.165) is 24.0 Å². The van der Waals surface area contributed by atoms with Crippen molar-refractivity contribution in [3.05, 3.63) is 59.7 Å². The van der Waals surface area contributed by atoms with Crippen molar-refractivity contribution in [3.8, 4) is 11.5 Å². The summed E-state index contributed by atoms with van der Waals surface area (Å²) in [4.78, 5) is 23.8. The van der Waals surface area contributed by atoms with Crippen molar-refractivity contribution in [3.63, 3.8) is 0 Å². The predicted octanol–water partition coefficient (Wildman–Crippen LogP) is 4.92. The molecule has 2 aromatic rings. The Hall–Kier alpha value is -2.78. The van der Waals surface area contributed by atoms with E-state index in [-0.39, 0.29) is 26.4 Å². The van der Waals surface area contributed by atoms with Crippen molar-refractivity contribution in [2.75, 3.05) is 64.4 Å². The average Bonchev–Trinajstić information content (AvgIpc) is 2.98. The Morgan fingerprint density at radius 3 is 1.32 bits per heavy atom. The van der Waals surface area contributed by atoms with E-state index in [4.69, 9.17) is 42.1 Å². The average molecular weight is 596 g/mol. The maximum absolute atomic E-state index is 11.9. The second-order valence-corrected chi connectivity index (χ2v) is 9.37. The fraction of sp³-hybridized carbons (Fsp3) is 0.467. The molecule has 0 saturated heterocycles. The van der Waals surface area contributed by atoms with Gasteiger partial charge in [0, 0.05) is 37.9 Å². The third-order valence-electron chi connectivity index (χ3n) is 5.82. The molecular weight excluding hydrogens is 555 g/mol. The summed E-state index contributed by atoms with van der Waals surface area (Å²) < 4.78 is 21.4. The Kier molecular flexibility index (Phi) is 16.8. The minimum absolute atomic E-state index is 0.149. The third kappa shape index (κ3) is 12.6. The zero-order chi connectivity index (χ0) is 29.0. The molecule has 2 rings (SSSR count). The van der Waals surface area contributed by atoms with Crippen molar-refractivity contribution >= 4 is 46.3 Å². The zero-order valence-electron chi connectivity index (χ0n) is 23.3. The Morgan fingerprint density at radius 1 is 0.625 bits per heavy atom. The molecule has 0 spiro atoms. The quantitative estimate of drug-likeness (QED) is 0.0965. The van der Waals surface area contributed by atoms with E-state index in [2.05, 4.69) is 24.5 Å². The van der Waals surface area contributed by atoms with Gasteiger partial charge in [0.05, 0.1) is 0 Å². The van der Waals surface area contributed by atoms with Gasteiger partial charge in [-0.1, -0.05) is 38.1 Å². The Bertz CT molecular complexity index is 962. The van der Waals surface area contributed by atoms with E-state index < -0.39 is 11.9 Å². The minimum atomic E-state index is -0.418. The van der Waals surface area contributed by atoms with E-state index >= 15 is 0 Å². The molecule has 0 aliphatic carbocycles. The highest BCUT2D eigenvalue weighted by Gasteiger charge is 2.11. The van der Waals surface area contributed by atoms with Crippen LogP contribution in [0.5, 0.6) is 11.5 Å². The van der Waals surface area contributed by atoms with Gasteiger partial charge in [0.2, 0.25) is 0 Å². The Labute approximate surface area is 247 Å². The van der Waals surface area contributed by atoms with Crippen LogP contribution in [0.2, 0.25) is 0 Å². The SMILES string of the molecule is CCC(=C(CC)c1ccc(OCC(=O)OCCNCCCl)cc1)c1ccc(OCC(=O)OCCNCCCl)cc1. The first-order chi connectivity index (χ1) is 19.5. The monoisotopic (exact) mass is 594 g/mol. The summed E-state index contributed by atoms with van der Waals surface area (Å²) in [7, 11) is 0. The number of carbonyl (C=O) groups is 2. The maximum Gasteiger partial charge on any atom is 0.344 e. The standard InChI is InChI=1S/C30H40Cl2N2O6/c1-3-27(23-5-9-25(10-6-23)39-21-29(35)37-19-17-33-15-13-31)28(4-2)24-7-11-26(12-8-24)40-22-30(36)38-20-18-34-16-14-32/h5-12,33-34H,3-4,13-22H2,1-2H3. The molecule has 0 saturated carbocycles. The minimum Gasteiger partial charge on any atom is -0.482 e. The molecule has 0 heterocycles. The predicted molar refractivity (Wildman–Crippen MR) is 160 cm³/mol. The number of nitrogens with one attached hydrogen (secondary N) is 2. The van der Waals surface area contributed by atoms with Crippen LogP contribution in [0.15, 0.2) is 48.5 Å². The van der Waals surface area contributed by atoms with Crippen LogP contribution in [-0.4, -0.2) is 76.3 Å². The normalized spacial score (nSPS) is 11.5. The summed E-state index contributed by atoms with van der Waals surface area (Å²) in [5.41, 5.74) is 4.61. The van der Waals surface area contributed by atoms with Crippen LogP contribution in [0.1, 0.15) is 37.8 Å². The highest BCUT2D eigenvalue weighted by molar-refractivity contribution is 6.18. The molecule has 40 heavy (non-hydrogen) atoms. The van der Waals surface area contributed by atoms with Crippen LogP contribution in [0.3, 0.4) is 0 Å².